The third kappa shape index (κ3) is 3.12. The lowest BCUT2D eigenvalue weighted by molar-refractivity contribution is 0.578. The number of nitrogens with one attached hydrogen (secondary N) is 1. The number of hydrogen-bond donors (Lipinski definition) is 1. The number of halogens is 1. The molecule has 0 fully saturated rings. The van der Waals surface area contributed by atoms with Gasteiger partial charge in [-0.05, 0) is 30.7 Å². The average Bonchev–Trinajstić information content (AvgIpc) is 2.78. The summed E-state index contributed by atoms with van der Waals surface area (Å²) >= 11 is 6.19. The molecule has 1 aromatic heterocycles. The molecule has 2 rings (SSSR count). The van der Waals surface area contributed by atoms with E-state index >= 15 is 0 Å². The fraction of sp³-hybridized carbons (Fsp3) is 0.357. The first-order valence-corrected chi connectivity index (χ1v) is 6.48. The van der Waals surface area contributed by atoms with Gasteiger partial charge in [0.1, 0.15) is 0 Å². The Balaban J connectivity index is 2.21. The third-order valence-electron chi connectivity index (χ3n) is 2.68. The lowest BCUT2D eigenvalue weighted by Crippen LogP contribution is -2.22. The fourth-order valence-corrected chi connectivity index (χ4v) is 1.90. The van der Waals surface area contributed by atoms with Gasteiger partial charge in [0.2, 0.25) is 0 Å². The van der Waals surface area contributed by atoms with Crippen LogP contribution in [0.15, 0.2) is 30.5 Å². The van der Waals surface area contributed by atoms with Gasteiger partial charge in [-0.2, -0.15) is 5.10 Å². The normalized spacial score (nSPS) is 11.2. The highest BCUT2D eigenvalue weighted by atomic mass is 35.5. The van der Waals surface area contributed by atoms with E-state index in [9.17, 15) is 0 Å². The number of benzene rings is 1. The Morgan fingerprint density at radius 2 is 2.11 bits per heavy atom. The molecule has 0 spiro atoms. The Hall–Kier alpha value is -1.32. The van der Waals surface area contributed by atoms with Crippen molar-refractivity contribution in [2.45, 2.75) is 33.4 Å². The van der Waals surface area contributed by atoms with Gasteiger partial charge >= 0.3 is 0 Å². The van der Waals surface area contributed by atoms with Gasteiger partial charge in [0.25, 0.3) is 0 Å². The molecule has 0 radical (unpaired) electrons. The van der Waals surface area contributed by atoms with Gasteiger partial charge in [0, 0.05) is 18.8 Å². The maximum absolute atomic E-state index is 6.19. The summed E-state index contributed by atoms with van der Waals surface area (Å²) in [6.45, 7) is 7.06. The van der Waals surface area contributed by atoms with E-state index in [2.05, 4.69) is 24.3 Å². The molecular formula is C14H18ClN3. The number of rotatable bonds is 4. The van der Waals surface area contributed by atoms with Crippen molar-refractivity contribution in [1.82, 2.24) is 15.1 Å². The zero-order valence-corrected chi connectivity index (χ0v) is 11.7. The zero-order chi connectivity index (χ0) is 13.1. The standard InChI is InChI=1S/C14H18ClN3/c1-10(2)16-9-12-6-7-18(17-12)14-8-11(3)4-5-13(14)15/h4-8,10,16H,9H2,1-3H3. The molecule has 4 heteroatoms. The molecule has 0 saturated carbocycles. The van der Waals surface area contributed by atoms with Crippen LogP contribution in [0.3, 0.4) is 0 Å². The van der Waals surface area contributed by atoms with Crippen LogP contribution in [-0.4, -0.2) is 15.8 Å². The maximum atomic E-state index is 6.19. The topological polar surface area (TPSA) is 29.9 Å². The first kappa shape index (κ1) is 13.1. The van der Waals surface area contributed by atoms with Crippen LogP contribution < -0.4 is 5.32 Å². The van der Waals surface area contributed by atoms with E-state index < -0.39 is 0 Å². The van der Waals surface area contributed by atoms with Crippen LogP contribution in [0.25, 0.3) is 5.69 Å². The molecule has 0 saturated heterocycles. The maximum Gasteiger partial charge on any atom is 0.0834 e. The molecule has 0 unspecified atom stereocenters. The first-order chi connectivity index (χ1) is 8.56. The molecule has 0 atom stereocenters. The van der Waals surface area contributed by atoms with E-state index in [0.29, 0.717) is 11.1 Å². The van der Waals surface area contributed by atoms with Crippen LogP contribution in [0.4, 0.5) is 0 Å². The highest BCUT2D eigenvalue weighted by molar-refractivity contribution is 6.32. The second kappa shape index (κ2) is 5.55. The van der Waals surface area contributed by atoms with Crippen LogP contribution >= 0.6 is 11.6 Å². The van der Waals surface area contributed by atoms with Crippen molar-refractivity contribution >= 4 is 11.6 Å². The summed E-state index contributed by atoms with van der Waals surface area (Å²) in [4.78, 5) is 0. The van der Waals surface area contributed by atoms with Crippen molar-refractivity contribution < 1.29 is 0 Å². The summed E-state index contributed by atoms with van der Waals surface area (Å²) in [5, 5.41) is 8.58. The van der Waals surface area contributed by atoms with E-state index in [-0.39, 0.29) is 0 Å². The van der Waals surface area contributed by atoms with E-state index in [1.807, 2.05) is 42.1 Å². The Morgan fingerprint density at radius 3 is 2.83 bits per heavy atom. The summed E-state index contributed by atoms with van der Waals surface area (Å²) < 4.78 is 1.83. The Bertz CT molecular complexity index is 532. The Kier molecular flexibility index (Phi) is 4.04. The second-order valence-electron chi connectivity index (χ2n) is 4.74. The van der Waals surface area contributed by atoms with Gasteiger partial charge in [-0.3, -0.25) is 0 Å². The molecule has 1 N–H and O–H groups in total. The van der Waals surface area contributed by atoms with Crippen LogP contribution in [0.5, 0.6) is 0 Å². The molecular weight excluding hydrogens is 246 g/mol. The quantitative estimate of drug-likeness (QED) is 0.917. The van der Waals surface area contributed by atoms with Gasteiger partial charge in [-0.25, -0.2) is 4.68 Å². The lowest BCUT2D eigenvalue weighted by atomic mass is 10.2. The van der Waals surface area contributed by atoms with E-state index in [1.54, 1.807) is 0 Å². The first-order valence-electron chi connectivity index (χ1n) is 6.10. The predicted octanol–water partition coefficient (Wildman–Crippen LogP) is 3.33. The summed E-state index contributed by atoms with van der Waals surface area (Å²) in [5.74, 6) is 0. The molecule has 0 amide bonds. The van der Waals surface area contributed by atoms with Crippen LogP contribution in [-0.2, 0) is 6.54 Å². The largest absolute Gasteiger partial charge is 0.309 e. The highest BCUT2D eigenvalue weighted by Crippen LogP contribution is 2.21. The number of nitrogens with zero attached hydrogens (tertiary/aromatic N) is 2. The van der Waals surface area contributed by atoms with E-state index in [4.69, 9.17) is 11.6 Å². The van der Waals surface area contributed by atoms with Crippen molar-refractivity contribution in [2.75, 3.05) is 0 Å². The Morgan fingerprint density at radius 1 is 1.33 bits per heavy atom. The minimum absolute atomic E-state index is 0.456. The van der Waals surface area contributed by atoms with Crippen LogP contribution in [0.2, 0.25) is 5.02 Å². The van der Waals surface area contributed by atoms with Crippen molar-refractivity contribution in [2.24, 2.45) is 0 Å². The molecule has 0 aliphatic rings. The minimum atomic E-state index is 0.456. The van der Waals surface area contributed by atoms with Crippen molar-refractivity contribution in [3.63, 3.8) is 0 Å². The number of hydrogen-bond acceptors (Lipinski definition) is 2. The summed E-state index contributed by atoms with van der Waals surface area (Å²) in [7, 11) is 0. The average molecular weight is 264 g/mol. The predicted molar refractivity (Wildman–Crippen MR) is 75.3 cm³/mol. The molecule has 2 aromatic rings. The minimum Gasteiger partial charge on any atom is -0.309 e. The van der Waals surface area contributed by atoms with Gasteiger partial charge in [0.15, 0.2) is 0 Å². The van der Waals surface area contributed by atoms with Gasteiger partial charge in [-0.15, -0.1) is 0 Å². The second-order valence-corrected chi connectivity index (χ2v) is 5.15. The highest BCUT2D eigenvalue weighted by Gasteiger charge is 2.06. The van der Waals surface area contributed by atoms with Crippen molar-refractivity contribution in [3.05, 3.63) is 46.7 Å². The fourth-order valence-electron chi connectivity index (χ4n) is 1.70. The third-order valence-corrected chi connectivity index (χ3v) is 3.00. The molecule has 1 aromatic carbocycles. The van der Waals surface area contributed by atoms with Crippen molar-refractivity contribution in [3.8, 4) is 5.69 Å². The van der Waals surface area contributed by atoms with Gasteiger partial charge < -0.3 is 5.32 Å². The number of aryl methyl sites for hydroxylation is 1. The summed E-state index contributed by atoms with van der Waals surface area (Å²) in [6, 6.07) is 8.40. The number of aromatic nitrogens is 2. The molecule has 0 aliphatic carbocycles. The molecule has 96 valence electrons. The molecule has 3 nitrogen and oxygen atoms in total. The van der Waals surface area contributed by atoms with E-state index in [0.717, 1.165) is 17.9 Å². The van der Waals surface area contributed by atoms with Gasteiger partial charge in [-0.1, -0.05) is 31.5 Å². The molecule has 0 bridgehead atoms. The SMILES string of the molecule is Cc1ccc(Cl)c(-n2ccc(CNC(C)C)n2)c1. The summed E-state index contributed by atoms with van der Waals surface area (Å²) in [6.07, 6.45) is 1.94. The smallest absolute Gasteiger partial charge is 0.0834 e. The monoisotopic (exact) mass is 263 g/mol. The molecule has 0 aliphatic heterocycles. The molecule has 18 heavy (non-hydrogen) atoms. The van der Waals surface area contributed by atoms with Crippen molar-refractivity contribution in [1.29, 1.82) is 0 Å². The lowest BCUT2D eigenvalue weighted by Gasteiger charge is -2.07. The van der Waals surface area contributed by atoms with E-state index in [1.165, 1.54) is 5.56 Å². The van der Waals surface area contributed by atoms with Gasteiger partial charge in [0.05, 0.1) is 16.4 Å². The summed E-state index contributed by atoms with van der Waals surface area (Å²) in [5.41, 5.74) is 3.11. The van der Waals surface area contributed by atoms with Crippen LogP contribution in [0, 0.1) is 6.92 Å². The zero-order valence-electron chi connectivity index (χ0n) is 10.9. The van der Waals surface area contributed by atoms with Crippen LogP contribution in [0.1, 0.15) is 25.1 Å². The Labute approximate surface area is 113 Å². The molecule has 1 heterocycles.